The Morgan fingerprint density at radius 3 is 2.46 bits per heavy atom. The van der Waals surface area contributed by atoms with Crippen LogP contribution in [0.3, 0.4) is 0 Å². The predicted octanol–water partition coefficient (Wildman–Crippen LogP) is 1.93. The first kappa shape index (κ1) is 19.1. The zero-order chi connectivity index (χ0) is 19.6. The maximum absolute atomic E-state index is 12.9. The van der Waals surface area contributed by atoms with Crippen molar-refractivity contribution in [2.45, 2.75) is 43.0 Å². The third-order valence-corrected chi connectivity index (χ3v) is 7.49. The van der Waals surface area contributed by atoms with E-state index >= 15 is 0 Å². The van der Waals surface area contributed by atoms with Crippen LogP contribution in [0, 0.1) is 0 Å². The molecule has 28 heavy (non-hydrogen) atoms. The summed E-state index contributed by atoms with van der Waals surface area (Å²) in [6, 6.07) is 6.71. The van der Waals surface area contributed by atoms with Crippen molar-refractivity contribution in [1.29, 1.82) is 0 Å². The summed E-state index contributed by atoms with van der Waals surface area (Å²) in [5.74, 6) is -0.118. The molecule has 2 saturated heterocycles. The van der Waals surface area contributed by atoms with Gasteiger partial charge in [-0.15, -0.1) is 0 Å². The molecule has 9 heteroatoms. The van der Waals surface area contributed by atoms with Gasteiger partial charge in [-0.1, -0.05) is 12.5 Å². The Morgan fingerprint density at radius 1 is 1.04 bits per heavy atom. The van der Waals surface area contributed by atoms with E-state index in [1.807, 2.05) is 4.68 Å². The van der Waals surface area contributed by atoms with Crippen molar-refractivity contribution >= 4 is 15.9 Å². The van der Waals surface area contributed by atoms with E-state index in [0.717, 1.165) is 32.1 Å². The number of carbonyl (C=O) groups is 1. The molecule has 2 fully saturated rings. The van der Waals surface area contributed by atoms with Crippen molar-refractivity contribution in [3.8, 4) is 0 Å². The van der Waals surface area contributed by atoms with Crippen LogP contribution < -0.4 is 0 Å². The molecule has 2 aromatic rings. The zero-order valence-corrected chi connectivity index (χ0v) is 16.6. The lowest BCUT2D eigenvalue weighted by Gasteiger charge is -2.32. The van der Waals surface area contributed by atoms with Crippen molar-refractivity contribution < 1.29 is 13.2 Å². The van der Waals surface area contributed by atoms with Crippen LogP contribution >= 0.6 is 0 Å². The van der Waals surface area contributed by atoms with E-state index in [4.69, 9.17) is 0 Å². The third kappa shape index (κ3) is 3.81. The lowest BCUT2D eigenvalue weighted by atomic mass is 10.0. The molecule has 0 unspecified atom stereocenters. The molecule has 4 rings (SSSR count). The number of benzene rings is 1. The highest BCUT2D eigenvalue weighted by Gasteiger charge is 2.28. The van der Waals surface area contributed by atoms with Crippen molar-refractivity contribution in [1.82, 2.24) is 24.0 Å². The van der Waals surface area contributed by atoms with Gasteiger partial charge in [0.15, 0.2) is 0 Å². The van der Waals surface area contributed by atoms with Crippen LogP contribution in [0.2, 0.25) is 0 Å². The second-order valence-corrected chi connectivity index (χ2v) is 9.33. The summed E-state index contributed by atoms with van der Waals surface area (Å²) in [5, 5.41) is 4.18. The van der Waals surface area contributed by atoms with E-state index in [1.54, 1.807) is 29.4 Å². The van der Waals surface area contributed by atoms with Crippen LogP contribution in [0.4, 0.5) is 0 Å². The molecule has 3 heterocycles. The van der Waals surface area contributed by atoms with Crippen LogP contribution in [0.1, 0.15) is 48.5 Å². The molecule has 2 aliphatic heterocycles. The van der Waals surface area contributed by atoms with Crippen molar-refractivity contribution in [3.05, 3.63) is 42.5 Å². The molecule has 2 aliphatic rings. The van der Waals surface area contributed by atoms with Gasteiger partial charge in [-0.3, -0.25) is 4.79 Å². The Bertz CT molecular complexity index is 915. The number of nitrogens with zero attached hydrogens (tertiary/aromatic N) is 5. The van der Waals surface area contributed by atoms with Gasteiger partial charge in [-0.05, 0) is 43.9 Å². The highest BCUT2D eigenvalue weighted by molar-refractivity contribution is 7.89. The number of likely N-dealkylation sites (tertiary alicyclic amines) is 1. The molecular weight excluding hydrogens is 378 g/mol. The lowest BCUT2D eigenvalue weighted by Crippen LogP contribution is -2.39. The molecule has 0 bridgehead atoms. The number of aromatic nitrogens is 3. The summed E-state index contributed by atoms with van der Waals surface area (Å²) in [7, 11) is -3.54. The Morgan fingerprint density at radius 2 is 1.79 bits per heavy atom. The molecule has 0 radical (unpaired) electrons. The van der Waals surface area contributed by atoms with Crippen molar-refractivity contribution in [2.75, 3.05) is 26.2 Å². The maximum Gasteiger partial charge on any atom is 0.253 e. The third-order valence-electron chi connectivity index (χ3n) is 5.60. The minimum atomic E-state index is -3.54. The number of rotatable bonds is 4. The zero-order valence-electron chi connectivity index (χ0n) is 15.8. The SMILES string of the molecule is O=C(c1cccc(S(=O)(=O)N2CCCCC2)c1)N1CCC(n2cncn2)CC1. The fraction of sp³-hybridized carbons (Fsp3) is 0.526. The largest absolute Gasteiger partial charge is 0.338 e. The first-order valence-electron chi connectivity index (χ1n) is 9.79. The number of piperidine rings is 2. The molecule has 1 aromatic heterocycles. The van der Waals surface area contributed by atoms with Gasteiger partial charge < -0.3 is 4.90 Å². The number of hydrogen-bond donors (Lipinski definition) is 0. The lowest BCUT2D eigenvalue weighted by molar-refractivity contribution is 0.0689. The summed E-state index contributed by atoms with van der Waals surface area (Å²) in [4.78, 5) is 18.9. The Labute approximate surface area is 165 Å². The van der Waals surface area contributed by atoms with Gasteiger partial charge in [0.05, 0.1) is 10.9 Å². The predicted molar refractivity (Wildman–Crippen MR) is 103 cm³/mol. The second-order valence-electron chi connectivity index (χ2n) is 7.39. The van der Waals surface area contributed by atoms with Crippen LogP contribution in [0.25, 0.3) is 0 Å². The first-order chi connectivity index (χ1) is 13.6. The van der Waals surface area contributed by atoms with Crippen LogP contribution in [0.5, 0.6) is 0 Å². The molecule has 1 amide bonds. The van der Waals surface area contributed by atoms with Crippen LogP contribution in [-0.2, 0) is 10.0 Å². The van der Waals surface area contributed by atoms with Gasteiger partial charge in [-0.25, -0.2) is 18.1 Å². The van der Waals surface area contributed by atoms with E-state index in [2.05, 4.69) is 10.1 Å². The summed E-state index contributed by atoms with van der Waals surface area (Å²) in [6.45, 7) is 2.34. The van der Waals surface area contributed by atoms with E-state index in [9.17, 15) is 13.2 Å². The van der Waals surface area contributed by atoms with Gasteiger partial charge in [-0.2, -0.15) is 9.40 Å². The van der Waals surface area contributed by atoms with E-state index in [1.165, 1.54) is 16.7 Å². The minimum Gasteiger partial charge on any atom is -0.338 e. The first-order valence-corrected chi connectivity index (χ1v) is 11.2. The molecule has 150 valence electrons. The molecule has 1 aromatic carbocycles. The van der Waals surface area contributed by atoms with Gasteiger partial charge in [0.25, 0.3) is 5.91 Å². The standard InChI is InChI=1S/C19H25N5O3S/c25-19(22-11-7-17(8-12-22)24-15-20-14-21-24)16-5-4-6-18(13-16)28(26,27)23-9-2-1-3-10-23/h4-6,13-15,17H,1-3,7-12H2. The second kappa shape index (κ2) is 8.00. The van der Waals surface area contributed by atoms with E-state index in [0.29, 0.717) is 31.7 Å². The fourth-order valence-electron chi connectivity index (χ4n) is 3.97. The Kier molecular flexibility index (Phi) is 5.45. The highest BCUT2D eigenvalue weighted by Crippen LogP contribution is 2.25. The number of amides is 1. The smallest absolute Gasteiger partial charge is 0.253 e. The molecule has 0 spiro atoms. The average Bonchev–Trinajstić information content (AvgIpc) is 3.29. The quantitative estimate of drug-likeness (QED) is 0.778. The molecule has 0 atom stereocenters. The van der Waals surface area contributed by atoms with Crippen LogP contribution in [0.15, 0.2) is 41.8 Å². The van der Waals surface area contributed by atoms with E-state index in [-0.39, 0.29) is 16.8 Å². The number of hydrogen-bond acceptors (Lipinski definition) is 5. The highest BCUT2D eigenvalue weighted by atomic mass is 32.2. The summed E-state index contributed by atoms with van der Waals surface area (Å²) < 4.78 is 29.2. The fourth-order valence-corrected chi connectivity index (χ4v) is 5.53. The van der Waals surface area contributed by atoms with Gasteiger partial charge >= 0.3 is 0 Å². The normalized spacial score (nSPS) is 19.6. The summed E-state index contributed by atoms with van der Waals surface area (Å²) in [5.41, 5.74) is 0.428. The van der Waals surface area contributed by atoms with Crippen molar-refractivity contribution in [3.63, 3.8) is 0 Å². The molecule has 0 N–H and O–H groups in total. The monoisotopic (exact) mass is 403 g/mol. The molecule has 8 nitrogen and oxygen atoms in total. The van der Waals surface area contributed by atoms with Gasteiger partial charge in [0.2, 0.25) is 10.0 Å². The molecule has 0 aliphatic carbocycles. The molecular formula is C19H25N5O3S. The van der Waals surface area contributed by atoms with Gasteiger partial charge in [0, 0.05) is 31.7 Å². The number of carbonyl (C=O) groups excluding carboxylic acids is 1. The average molecular weight is 404 g/mol. The van der Waals surface area contributed by atoms with Gasteiger partial charge in [0.1, 0.15) is 12.7 Å². The summed E-state index contributed by atoms with van der Waals surface area (Å²) in [6.07, 6.45) is 7.68. The Balaban J connectivity index is 1.46. The summed E-state index contributed by atoms with van der Waals surface area (Å²) >= 11 is 0. The Hall–Kier alpha value is -2.26. The molecule has 0 saturated carbocycles. The minimum absolute atomic E-state index is 0.118. The van der Waals surface area contributed by atoms with Crippen molar-refractivity contribution in [2.24, 2.45) is 0 Å². The topological polar surface area (TPSA) is 88.4 Å². The maximum atomic E-state index is 12.9. The van der Waals surface area contributed by atoms with E-state index < -0.39 is 10.0 Å². The number of sulfonamides is 1. The van der Waals surface area contributed by atoms with Crippen LogP contribution in [-0.4, -0.2) is 64.5 Å².